The number of fused-ring (bicyclic) bond motifs is 1. The Balaban J connectivity index is 2.93. The monoisotopic (exact) mass is 236 g/mol. The fourth-order valence-electron chi connectivity index (χ4n) is 1.94. The van der Waals surface area contributed by atoms with Gasteiger partial charge in [-0.05, 0) is 5.92 Å². The van der Waals surface area contributed by atoms with E-state index in [9.17, 15) is 9.59 Å². The van der Waals surface area contributed by atoms with Crippen molar-refractivity contribution in [3.8, 4) is 0 Å². The van der Waals surface area contributed by atoms with Gasteiger partial charge in [0.05, 0.1) is 6.33 Å². The Hall–Kier alpha value is -1.85. The molecule has 0 N–H and O–H groups in total. The first-order valence-electron chi connectivity index (χ1n) is 5.54. The first kappa shape index (κ1) is 11.6. The van der Waals surface area contributed by atoms with Gasteiger partial charge in [-0.1, -0.05) is 13.8 Å². The van der Waals surface area contributed by atoms with Crippen molar-refractivity contribution in [1.29, 1.82) is 0 Å². The van der Waals surface area contributed by atoms with Crippen LogP contribution in [0.2, 0.25) is 0 Å². The van der Waals surface area contributed by atoms with Crippen molar-refractivity contribution >= 4 is 11.2 Å². The van der Waals surface area contributed by atoms with Gasteiger partial charge in [0.1, 0.15) is 5.65 Å². The molecule has 0 radical (unpaired) electrons. The van der Waals surface area contributed by atoms with Crippen LogP contribution in [0.15, 0.2) is 15.9 Å². The second-order valence-electron chi connectivity index (χ2n) is 4.68. The maximum absolute atomic E-state index is 12.1. The van der Waals surface area contributed by atoms with Crippen LogP contribution in [0.25, 0.3) is 11.2 Å². The molecule has 0 unspecified atom stereocenters. The number of imidazole rings is 1. The van der Waals surface area contributed by atoms with E-state index in [0.29, 0.717) is 23.6 Å². The molecule has 2 heterocycles. The van der Waals surface area contributed by atoms with Crippen LogP contribution in [0, 0.1) is 5.92 Å². The van der Waals surface area contributed by atoms with E-state index in [1.807, 2.05) is 13.8 Å². The third-order valence-electron chi connectivity index (χ3n) is 2.73. The van der Waals surface area contributed by atoms with E-state index in [1.54, 1.807) is 22.5 Å². The Labute approximate surface area is 98.1 Å². The minimum Gasteiger partial charge on any atom is -0.320 e. The van der Waals surface area contributed by atoms with E-state index in [1.165, 1.54) is 7.05 Å². The third kappa shape index (κ3) is 1.69. The van der Waals surface area contributed by atoms with Crippen LogP contribution >= 0.6 is 0 Å². The quantitative estimate of drug-likeness (QED) is 0.742. The van der Waals surface area contributed by atoms with Gasteiger partial charge in [0.2, 0.25) is 0 Å². The van der Waals surface area contributed by atoms with E-state index in [4.69, 9.17) is 0 Å². The molecular formula is C11H16N4O2. The summed E-state index contributed by atoms with van der Waals surface area (Å²) in [7, 11) is 3.26. The zero-order valence-corrected chi connectivity index (χ0v) is 10.5. The molecule has 0 aliphatic heterocycles. The van der Waals surface area contributed by atoms with Gasteiger partial charge >= 0.3 is 5.69 Å². The Morgan fingerprint density at radius 2 is 1.94 bits per heavy atom. The molecule has 0 spiro atoms. The van der Waals surface area contributed by atoms with Gasteiger partial charge in [0.15, 0.2) is 5.52 Å². The maximum Gasteiger partial charge on any atom is 0.332 e. The van der Waals surface area contributed by atoms with Crippen LogP contribution < -0.4 is 11.2 Å². The normalized spacial score (nSPS) is 11.6. The van der Waals surface area contributed by atoms with E-state index in [2.05, 4.69) is 4.98 Å². The van der Waals surface area contributed by atoms with Crippen molar-refractivity contribution in [3.05, 3.63) is 27.2 Å². The lowest BCUT2D eigenvalue weighted by Gasteiger charge is -2.12. The van der Waals surface area contributed by atoms with Crippen molar-refractivity contribution in [3.63, 3.8) is 0 Å². The molecule has 0 atom stereocenters. The number of hydrogen-bond acceptors (Lipinski definition) is 3. The standard InChI is InChI=1S/C11H16N4O2/c1-7(2)5-15-9-8(12-6-13(9)3)10(16)14(4)11(15)17/h6-7H,5H2,1-4H3. The SMILES string of the molecule is CC(C)Cn1c(=O)n(C)c(=O)c2ncn(C)c21. The molecule has 0 saturated heterocycles. The summed E-state index contributed by atoms with van der Waals surface area (Å²) in [6.07, 6.45) is 1.56. The van der Waals surface area contributed by atoms with E-state index in [0.717, 1.165) is 4.57 Å². The van der Waals surface area contributed by atoms with Crippen molar-refractivity contribution < 1.29 is 0 Å². The zero-order valence-electron chi connectivity index (χ0n) is 10.5. The lowest BCUT2D eigenvalue weighted by molar-refractivity contribution is 0.496. The highest BCUT2D eigenvalue weighted by Crippen LogP contribution is 2.07. The number of hydrogen-bond donors (Lipinski definition) is 0. The number of aryl methyl sites for hydroxylation is 1. The van der Waals surface area contributed by atoms with Crippen LogP contribution in [0.5, 0.6) is 0 Å². The van der Waals surface area contributed by atoms with Gasteiger partial charge in [-0.25, -0.2) is 9.78 Å². The smallest absolute Gasteiger partial charge is 0.320 e. The van der Waals surface area contributed by atoms with Crippen molar-refractivity contribution in [2.75, 3.05) is 0 Å². The minimum absolute atomic E-state index is 0.292. The predicted molar refractivity (Wildman–Crippen MR) is 65.1 cm³/mol. The lowest BCUT2D eigenvalue weighted by atomic mass is 10.2. The van der Waals surface area contributed by atoms with Gasteiger partial charge in [-0.2, -0.15) is 0 Å². The van der Waals surface area contributed by atoms with Crippen molar-refractivity contribution in [2.24, 2.45) is 20.0 Å². The van der Waals surface area contributed by atoms with Crippen LogP contribution in [-0.4, -0.2) is 18.7 Å². The molecule has 0 fully saturated rings. The maximum atomic E-state index is 12.1. The Bertz CT molecular complexity index is 675. The van der Waals surface area contributed by atoms with Crippen LogP contribution in [0.4, 0.5) is 0 Å². The molecule has 0 aliphatic carbocycles. The molecule has 17 heavy (non-hydrogen) atoms. The molecule has 0 aliphatic rings. The van der Waals surface area contributed by atoms with Crippen LogP contribution in [0.3, 0.4) is 0 Å². The van der Waals surface area contributed by atoms with Gasteiger partial charge in [-0.15, -0.1) is 0 Å². The first-order chi connectivity index (χ1) is 7.93. The molecule has 0 aromatic carbocycles. The third-order valence-corrected chi connectivity index (χ3v) is 2.73. The second-order valence-corrected chi connectivity index (χ2v) is 4.68. The zero-order chi connectivity index (χ0) is 12.7. The van der Waals surface area contributed by atoms with E-state index in [-0.39, 0.29) is 11.2 Å². The second kappa shape index (κ2) is 3.87. The molecule has 2 rings (SSSR count). The van der Waals surface area contributed by atoms with E-state index >= 15 is 0 Å². The highest BCUT2D eigenvalue weighted by Gasteiger charge is 2.15. The molecule has 2 aromatic rings. The van der Waals surface area contributed by atoms with Crippen molar-refractivity contribution in [2.45, 2.75) is 20.4 Å². The van der Waals surface area contributed by atoms with Crippen molar-refractivity contribution in [1.82, 2.24) is 18.7 Å². The fourth-order valence-corrected chi connectivity index (χ4v) is 1.94. The largest absolute Gasteiger partial charge is 0.332 e. The Morgan fingerprint density at radius 3 is 2.53 bits per heavy atom. The summed E-state index contributed by atoms with van der Waals surface area (Å²) >= 11 is 0. The predicted octanol–water partition coefficient (Wildman–Crippen LogP) is 0.0897. The van der Waals surface area contributed by atoms with Crippen LogP contribution in [0.1, 0.15) is 13.8 Å². The number of rotatable bonds is 2. The molecule has 0 saturated carbocycles. The Morgan fingerprint density at radius 1 is 1.29 bits per heavy atom. The molecule has 92 valence electrons. The summed E-state index contributed by atoms with van der Waals surface area (Å²) in [5, 5.41) is 0. The van der Waals surface area contributed by atoms with E-state index < -0.39 is 0 Å². The van der Waals surface area contributed by atoms with Crippen LogP contribution in [-0.2, 0) is 20.6 Å². The average Bonchev–Trinajstić information content (AvgIpc) is 2.63. The van der Waals surface area contributed by atoms with Gasteiger partial charge in [0, 0.05) is 20.6 Å². The van der Waals surface area contributed by atoms with Gasteiger partial charge in [0.25, 0.3) is 5.56 Å². The summed E-state index contributed by atoms with van der Waals surface area (Å²) in [5.74, 6) is 0.323. The fraction of sp³-hybridized carbons (Fsp3) is 0.545. The summed E-state index contributed by atoms with van der Waals surface area (Å²) in [4.78, 5) is 28.0. The minimum atomic E-state index is -0.342. The van der Waals surface area contributed by atoms with Gasteiger partial charge < -0.3 is 4.57 Å². The highest BCUT2D eigenvalue weighted by atomic mass is 16.2. The summed E-state index contributed by atoms with van der Waals surface area (Å²) in [5.41, 5.74) is 0.299. The topological polar surface area (TPSA) is 61.8 Å². The molecule has 2 aromatic heterocycles. The molecule has 6 nitrogen and oxygen atoms in total. The summed E-state index contributed by atoms with van der Waals surface area (Å²) in [6.45, 7) is 4.63. The summed E-state index contributed by atoms with van der Waals surface area (Å²) in [6, 6.07) is 0. The molecular weight excluding hydrogens is 220 g/mol. The highest BCUT2D eigenvalue weighted by molar-refractivity contribution is 5.69. The van der Waals surface area contributed by atoms with Gasteiger partial charge in [-0.3, -0.25) is 13.9 Å². The average molecular weight is 236 g/mol. The molecule has 6 heteroatoms. The molecule has 0 bridgehead atoms. The summed E-state index contributed by atoms with van der Waals surface area (Å²) < 4.78 is 4.42. The Kier molecular flexibility index (Phi) is 2.65. The first-order valence-corrected chi connectivity index (χ1v) is 5.54. The number of nitrogens with zero attached hydrogens (tertiary/aromatic N) is 4. The lowest BCUT2D eigenvalue weighted by Crippen LogP contribution is -2.39. The molecule has 0 amide bonds. The number of aromatic nitrogens is 4.